The van der Waals surface area contributed by atoms with E-state index in [0.717, 1.165) is 30.8 Å². The van der Waals surface area contributed by atoms with Crippen molar-refractivity contribution in [3.05, 3.63) is 46.7 Å². The average Bonchev–Trinajstić information content (AvgIpc) is 2.81. The standard InChI is InChI=1S/C14H18ClN3O/c1-18-8-6-12(17-18)5-7-16-10-11-3-4-14(19-2)13(15)9-11/h3-4,6,8-9,16H,5,7,10H2,1-2H3. The van der Waals surface area contributed by atoms with Crippen LogP contribution in [0.5, 0.6) is 5.75 Å². The molecule has 0 atom stereocenters. The Kier molecular flexibility index (Phi) is 4.82. The highest BCUT2D eigenvalue weighted by atomic mass is 35.5. The van der Waals surface area contributed by atoms with Crippen molar-refractivity contribution in [3.63, 3.8) is 0 Å². The summed E-state index contributed by atoms with van der Waals surface area (Å²) in [4.78, 5) is 0. The van der Waals surface area contributed by atoms with Crippen LogP contribution in [0.3, 0.4) is 0 Å². The zero-order chi connectivity index (χ0) is 13.7. The summed E-state index contributed by atoms with van der Waals surface area (Å²) < 4.78 is 6.94. The number of rotatable bonds is 6. The van der Waals surface area contributed by atoms with Gasteiger partial charge in [0.15, 0.2) is 0 Å². The minimum atomic E-state index is 0.645. The van der Waals surface area contributed by atoms with Gasteiger partial charge in [0.25, 0.3) is 0 Å². The molecule has 1 N–H and O–H groups in total. The van der Waals surface area contributed by atoms with Gasteiger partial charge in [-0.15, -0.1) is 0 Å². The predicted octanol–water partition coefficient (Wildman–Crippen LogP) is 2.41. The highest BCUT2D eigenvalue weighted by molar-refractivity contribution is 6.32. The Balaban J connectivity index is 1.78. The Morgan fingerprint density at radius 1 is 1.37 bits per heavy atom. The molecule has 0 aliphatic rings. The number of nitrogens with zero attached hydrogens (tertiary/aromatic N) is 2. The van der Waals surface area contributed by atoms with E-state index < -0.39 is 0 Å². The van der Waals surface area contributed by atoms with E-state index in [4.69, 9.17) is 16.3 Å². The summed E-state index contributed by atoms with van der Waals surface area (Å²) in [5.74, 6) is 0.707. The summed E-state index contributed by atoms with van der Waals surface area (Å²) in [6, 6.07) is 7.86. The van der Waals surface area contributed by atoms with E-state index in [2.05, 4.69) is 10.4 Å². The number of benzene rings is 1. The van der Waals surface area contributed by atoms with Gasteiger partial charge in [-0.05, 0) is 23.8 Å². The highest BCUT2D eigenvalue weighted by Crippen LogP contribution is 2.24. The Morgan fingerprint density at radius 2 is 2.21 bits per heavy atom. The molecule has 0 amide bonds. The van der Waals surface area contributed by atoms with Gasteiger partial charge in [-0.1, -0.05) is 17.7 Å². The lowest BCUT2D eigenvalue weighted by atomic mass is 10.2. The average molecular weight is 280 g/mol. The van der Waals surface area contributed by atoms with Gasteiger partial charge in [0.1, 0.15) is 5.75 Å². The topological polar surface area (TPSA) is 39.1 Å². The van der Waals surface area contributed by atoms with Crippen molar-refractivity contribution in [1.82, 2.24) is 15.1 Å². The number of hydrogen-bond acceptors (Lipinski definition) is 3. The molecule has 0 saturated carbocycles. The Labute approximate surface area is 118 Å². The molecule has 1 heterocycles. The summed E-state index contributed by atoms with van der Waals surface area (Å²) in [5, 5.41) is 8.35. The summed E-state index contributed by atoms with van der Waals surface area (Å²) in [6.45, 7) is 1.68. The maximum absolute atomic E-state index is 6.08. The number of nitrogens with one attached hydrogen (secondary N) is 1. The molecule has 0 saturated heterocycles. The Bertz CT molecular complexity index is 539. The number of halogens is 1. The van der Waals surface area contributed by atoms with Crippen LogP contribution in [0.2, 0.25) is 5.02 Å². The summed E-state index contributed by atoms with van der Waals surface area (Å²) in [6.07, 6.45) is 2.88. The van der Waals surface area contributed by atoms with Crippen molar-refractivity contribution in [3.8, 4) is 5.75 Å². The van der Waals surface area contributed by atoms with Crippen LogP contribution in [0.4, 0.5) is 0 Å². The second kappa shape index (κ2) is 6.59. The van der Waals surface area contributed by atoms with E-state index in [1.54, 1.807) is 7.11 Å². The number of aryl methyl sites for hydroxylation is 1. The van der Waals surface area contributed by atoms with E-state index in [-0.39, 0.29) is 0 Å². The Hall–Kier alpha value is -1.52. The molecule has 0 unspecified atom stereocenters. The summed E-state index contributed by atoms with van der Waals surface area (Å²) >= 11 is 6.08. The van der Waals surface area contributed by atoms with Crippen molar-refractivity contribution < 1.29 is 4.74 Å². The summed E-state index contributed by atoms with van der Waals surface area (Å²) in [7, 11) is 3.54. The van der Waals surface area contributed by atoms with Gasteiger partial charge >= 0.3 is 0 Å². The molecule has 0 aliphatic heterocycles. The maximum Gasteiger partial charge on any atom is 0.137 e. The molecular formula is C14H18ClN3O. The van der Waals surface area contributed by atoms with Crippen molar-refractivity contribution >= 4 is 11.6 Å². The highest BCUT2D eigenvalue weighted by Gasteiger charge is 2.02. The number of aromatic nitrogens is 2. The van der Waals surface area contributed by atoms with E-state index in [0.29, 0.717) is 10.8 Å². The maximum atomic E-state index is 6.08. The fraction of sp³-hybridized carbons (Fsp3) is 0.357. The zero-order valence-electron chi connectivity index (χ0n) is 11.2. The SMILES string of the molecule is COc1ccc(CNCCc2ccn(C)n2)cc1Cl. The third-order valence-corrected chi connectivity index (χ3v) is 3.17. The molecule has 0 radical (unpaired) electrons. The van der Waals surface area contributed by atoms with Crippen molar-refractivity contribution in [2.24, 2.45) is 7.05 Å². The fourth-order valence-corrected chi connectivity index (χ4v) is 2.15. The van der Waals surface area contributed by atoms with Crippen LogP contribution in [0.1, 0.15) is 11.3 Å². The minimum absolute atomic E-state index is 0.645. The lowest BCUT2D eigenvalue weighted by Gasteiger charge is -2.07. The van der Waals surface area contributed by atoms with E-state index >= 15 is 0 Å². The number of methoxy groups -OCH3 is 1. The third-order valence-electron chi connectivity index (χ3n) is 2.87. The normalized spacial score (nSPS) is 10.7. The van der Waals surface area contributed by atoms with Gasteiger partial charge in [0.05, 0.1) is 17.8 Å². The van der Waals surface area contributed by atoms with Gasteiger partial charge in [-0.2, -0.15) is 5.10 Å². The van der Waals surface area contributed by atoms with Crippen LogP contribution in [-0.4, -0.2) is 23.4 Å². The van der Waals surface area contributed by atoms with Gasteiger partial charge in [-0.3, -0.25) is 4.68 Å². The molecule has 0 fully saturated rings. The Morgan fingerprint density at radius 3 is 2.84 bits per heavy atom. The molecule has 5 heteroatoms. The molecule has 1 aromatic carbocycles. The lowest BCUT2D eigenvalue weighted by molar-refractivity contribution is 0.415. The molecule has 2 rings (SSSR count). The van der Waals surface area contributed by atoms with Gasteiger partial charge < -0.3 is 10.1 Å². The molecule has 0 aliphatic carbocycles. The smallest absolute Gasteiger partial charge is 0.137 e. The summed E-state index contributed by atoms with van der Waals surface area (Å²) in [5.41, 5.74) is 2.24. The van der Waals surface area contributed by atoms with Crippen molar-refractivity contribution in [2.45, 2.75) is 13.0 Å². The van der Waals surface area contributed by atoms with Crippen LogP contribution in [0.15, 0.2) is 30.5 Å². The van der Waals surface area contributed by atoms with Crippen molar-refractivity contribution in [1.29, 1.82) is 0 Å². The second-order valence-electron chi connectivity index (χ2n) is 4.38. The van der Waals surface area contributed by atoms with E-state index in [1.165, 1.54) is 0 Å². The third kappa shape index (κ3) is 3.98. The van der Waals surface area contributed by atoms with Gasteiger partial charge in [0.2, 0.25) is 0 Å². The molecule has 0 spiro atoms. The van der Waals surface area contributed by atoms with Crippen LogP contribution in [0.25, 0.3) is 0 Å². The molecule has 19 heavy (non-hydrogen) atoms. The van der Waals surface area contributed by atoms with Crippen LogP contribution in [-0.2, 0) is 20.0 Å². The molecule has 4 nitrogen and oxygen atoms in total. The van der Waals surface area contributed by atoms with Gasteiger partial charge in [0, 0.05) is 32.8 Å². The fourth-order valence-electron chi connectivity index (χ4n) is 1.87. The van der Waals surface area contributed by atoms with Gasteiger partial charge in [-0.25, -0.2) is 0 Å². The molecular weight excluding hydrogens is 262 g/mol. The first-order valence-electron chi connectivity index (χ1n) is 6.20. The monoisotopic (exact) mass is 279 g/mol. The van der Waals surface area contributed by atoms with Crippen LogP contribution < -0.4 is 10.1 Å². The first kappa shape index (κ1) is 13.9. The molecule has 0 bridgehead atoms. The lowest BCUT2D eigenvalue weighted by Crippen LogP contribution is -2.17. The minimum Gasteiger partial charge on any atom is -0.495 e. The van der Waals surface area contributed by atoms with Crippen molar-refractivity contribution in [2.75, 3.05) is 13.7 Å². The quantitative estimate of drug-likeness (QED) is 0.826. The zero-order valence-corrected chi connectivity index (χ0v) is 11.9. The largest absolute Gasteiger partial charge is 0.495 e. The molecule has 2 aromatic rings. The van der Waals surface area contributed by atoms with Crippen LogP contribution >= 0.6 is 11.6 Å². The van der Waals surface area contributed by atoms with Crippen LogP contribution in [0, 0.1) is 0 Å². The molecule has 1 aromatic heterocycles. The molecule has 102 valence electrons. The number of ether oxygens (including phenoxy) is 1. The van der Waals surface area contributed by atoms with E-state index in [9.17, 15) is 0 Å². The predicted molar refractivity (Wildman–Crippen MR) is 76.6 cm³/mol. The second-order valence-corrected chi connectivity index (χ2v) is 4.78. The first-order chi connectivity index (χ1) is 9.19. The van der Waals surface area contributed by atoms with E-state index in [1.807, 2.05) is 42.2 Å². The first-order valence-corrected chi connectivity index (χ1v) is 6.58. The number of hydrogen-bond donors (Lipinski definition) is 1.